The largest absolute Gasteiger partial charge is 0.481 e. The quantitative estimate of drug-likeness (QED) is 0.295. The second kappa shape index (κ2) is 7.93. The predicted octanol–water partition coefficient (Wildman–Crippen LogP) is 0.496. The smallest absolute Gasteiger partial charge is 0.303 e. The Labute approximate surface area is 112 Å². The first-order valence-electron chi connectivity index (χ1n) is 5.20. The van der Waals surface area contributed by atoms with Gasteiger partial charge in [-0.15, -0.1) is 11.3 Å². The van der Waals surface area contributed by atoms with E-state index in [1.165, 1.54) is 0 Å². The van der Waals surface area contributed by atoms with Crippen LogP contribution in [0.15, 0.2) is 10.5 Å². The summed E-state index contributed by atoms with van der Waals surface area (Å²) in [6, 6.07) is 0. The van der Waals surface area contributed by atoms with Gasteiger partial charge in [0.1, 0.15) is 12.3 Å². The van der Waals surface area contributed by atoms with Gasteiger partial charge in [0.15, 0.2) is 17.1 Å². The molecular formula is C10H11N3O5S. The molecule has 0 radical (unpaired) electrons. The Balaban J connectivity index is 2.53. The average molecular weight is 285 g/mol. The van der Waals surface area contributed by atoms with Crippen molar-refractivity contribution in [3.8, 4) is 0 Å². The van der Waals surface area contributed by atoms with Gasteiger partial charge in [0.05, 0.1) is 0 Å². The van der Waals surface area contributed by atoms with Crippen molar-refractivity contribution in [1.29, 1.82) is 0 Å². The van der Waals surface area contributed by atoms with Crippen molar-refractivity contribution in [3.05, 3.63) is 11.1 Å². The summed E-state index contributed by atoms with van der Waals surface area (Å²) in [5.74, 6) is -0.924. The highest BCUT2D eigenvalue weighted by atomic mass is 32.1. The topological polar surface area (TPSA) is 118 Å². The van der Waals surface area contributed by atoms with Crippen LogP contribution >= 0.6 is 11.3 Å². The van der Waals surface area contributed by atoms with Crippen molar-refractivity contribution in [2.24, 2.45) is 5.16 Å². The Bertz CT molecular complexity index is 485. The standard InChI is InChI=1S/C10H11N3O5S/c14-4-7(13-18-3-1-2-9(16)17)8-5-19-10(12-8)11-6-15/h4-6H,1-3H2,(H,16,17)(H,11,12,15). The monoisotopic (exact) mass is 285 g/mol. The molecule has 0 saturated carbocycles. The molecule has 1 heterocycles. The van der Waals surface area contributed by atoms with Crippen LogP contribution in [0.4, 0.5) is 5.13 Å². The number of nitrogens with zero attached hydrogens (tertiary/aromatic N) is 2. The lowest BCUT2D eigenvalue weighted by Gasteiger charge is -1.98. The molecule has 1 amide bonds. The number of hydrogen-bond donors (Lipinski definition) is 2. The van der Waals surface area contributed by atoms with Gasteiger partial charge in [-0.1, -0.05) is 5.16 Å². The Hall–Kier alpha value is -2.29. The third kappa shape index (κ3) is 5.25. The van der Waals surface area contributed by atoms with Crippen LogP contribution in [0.5, 0.6) is 0 Å². The molecule has 0 bridgehead atoms. The van der Waals surface area contributed by atoms with E-state index in [4.69, 9.17) is 9.94 Å². The van der Waals surface area contributed by atoms with Gasteiger partial charge in [-0.05, 0) is 6.42 Å². The number of thiazole rings is 1. The van der Waals surface area contributed by atoms with E-state index >= 15 is 0 Å². The van der Waals surface area contributed by atoms with E-state index in [9.17, 15) is 14.4 Å². The van der Waals surface area contributed by atoms with Crippen molar-refractivity contribution >= 4 is 40.8 Å². The molecule has 1 rings (SSSR count). The minimum absolute atomic E-state index is 0.0227. The zero-order valence-corrected chi connectivity index (χ0v) is 10.6. The molecule has 0 aliphatic rings. The lowest BCUT2D eigenvalue weighted by molar-refractivity contribution is -0.137. The number of oxime groups is 1. The Morgan fingerprint density at radius 3 is 3.00 bits per heavy atom. The van der Waals surface area contributed by atoms with Gasteiger partial charge in [-0.25, -0.2) is 4.98 Å². The highest BCUT2D eigenvalue weighted by molar-refractivity contribution is 7.14. The molecule has 8 nitrogen and oxygen atoms in total. The third-order valence-electron chi connectivity index (χ3n) is 1.85. The molecule has 9 heteroatoms. The zero-order chi connectivity index (χ0) is 14.1. The molecule has 0 unspecified atom stereocenters. The summed E-state index contributed by atoms with van der Waals surface area (Å²) in [6.07, 6.45) is 1.20. The number of aldehydes is 1. The van der Waals surface area contributed by atoms with E-state index in [1.54, 1.807) is 5.38 Å². The van der Waals surface area contributed by atoms with Crippen molar-refractivity contribution in [1.82, 2.24) is 4.98 Å². The van der Waals surface area contributed by atoms with Gasteiger partial charge in [-0.2, -0.15) is 0 Å². The summed E-state index contributed by atoms with van der Waals surface area (Å²) < 4.78 is 0. The fraction of sp³-hybridized carbons (Fsp3) is 0.300. The van der Waals surface area contributed by atoms with Crippen LogP contribution in [0.25, 0.3) is 0 Å². The van der Waals surface area contributed by atoms with E-state index in [-0.39, 0.29) is 24.4 Å². The summed E-state index contributed by atoms with van der Waals surface area (Å²) in [7, 11) is 0. The number of nitrogens with one attached hydrogen (secondary N) is 1. The predicted molar refractivity (Wildman–Crippen MR) is 67.2 cm³/mol. The number of carboxylic acid groups (broad SMARTS) is 1. The van der Waals surface area contributed by atoms with Crippen molar-refractivity contribution in [2.75, 3.05) is 11.9 Å². The normalized spacial score (nSPS) is 10.8. The van der Waals surface area contributed by atoms with Crippen LogP contribution in [0.3, 0.4) is 0 Å². The number of rotatable bonds is 9. The van der Waals surface area contributed by atoms with E-state index < -0.39 is 5.97 Å². The zero-order valence-electron chi connectivity index (χ0n) is 9.74. The van der Waals surface area contributed by atoms with Crippen LogP contribution in [0.2, 0.25) is 0 Å². The molecule has 2 N–H and O–H groups in total. The minimum Gasteiger partial charge on any atom is -0.481 e. The Morgan fingerprint density at radius 1 is 1.58 bits per heavy atom. The molecule has 0 aliphatic heterocycles. The molecule has 1 aromatic heterocycles. The lowest BCUT2D eigenvalue weighted by Crippen LogP contribution is -2.06. The molecular weight excluding hydrogens is 274 g/mol. The van der Waals surface area contributed by atoms with E-state index in [2.05, 4.69) is 15.5 Å². The second-order valence-electron chi connectivity index (χ2n) is 3.22. The summed E-state index contributed by atoms with van der Waals surface area (Å²) in [6.45, 7) is 0.0905. The summed E-state index contributed by atoms with van der Waals surface area (Å²) in [4.78, 5) is 40.0. The molecule has 0 aliphatic carbocycles. The maximum absolute atomic E-state index is 10.8. The number of carbonyl (C=O) groups excluding carboxylic acids is 2. The number of hydrogen-bond acceptors (Lipinski definition) is 7. The van der Waals surface area contributed by atoms with Gasteiger partial charge in [-0.3, -0.25) is 14.4 Å². The number of aromatic nitrogens is 1. The van der Waals surface area contributed by atoms with E-state index in [0.29, 0.717) is 24.2 Å². The maximum atomic E-state index is 10.8. The van der Waals surface area contributed by atoms with Crippen LogP contribution in [-0.4, -0.2) is 41.1 Å². The SMILES string of the molecule is O=CNc1nc(C(C=O)=NOCCCC(=O)O)cs1. The third-order valence-corrected chi connectivity index (χ3v) is 2.62. The summed E-state index contributed by atoms with van der Waals surface area (Å²) in [5, 5.41) is 16.2. The van der Waals surface area contributed by atoms with Crippen molar-refractivity contribution in [2.45, 2.75) is 12.8 Å². The molecule has 0 saturated heterocycles. The maximum Gasteiger partial charge on any atom is 0.303 e. The van der Waals surface area contributed by atoms with E-state index in [1.807, 2.05) is 0 Å². The first-order valence-corrected chi connectivity index (χ1v) is 6.08. The van der Waals surface area contributed by atoms with Gasteiger partial charge in [0.2, 0.25) is 6.41 Å². The van der Waals surface area contributed by atoms with Gasteiger partial charge in [0.25, 0.3) is 0 Å². The minimum atomic E-state index is -0.924. The molecule has 19 heavy (non-hydrogen) atoms. The number of carbonyl (C=O) groups is 3. The fourth-order valence-corrected chi connectivity index (χ4v) is 1.70. The summed E-state index contributed by atoms with van der Waals surface area (Å²) >= 11 is 1.14. The summed E-state index contributed by atoms with van der Waals surface area (Å²) in [5.41, 5.74) is 0.258. The number of carboxylic acids is 1. The highest BCUT2D eigenvalue weighted by Gasteiger charge is 2.08. The molecule has 0 fully saturated rings. The first-order chi connectivity index (χ1) is 9.17. The second-order valence-corrected chi connectivity index (χ2v) is 4.08. The van der Waals surface area contributed by atoms with Crippen LogP contribution < -0.4 is 5.32 Å². The van der Waals surface area contributed by atoms with Crippen molar-refractivity contribution in [3.63, 3.8) is 0 Å². The molecule has 1 aromatic rings. The Kier molecular flexibility index (Phi) is 6.16. The number of anilines is 1. The Morgan fingerprint density at radius 2 is 2.37 bits per heavy atom. The average Bonchev–Trinajstić information content (AvgIpc) is 2.82. The molecule has 0 spiro atoms. The van der Waals surface area contributed by atoms with Crippen molar-refractivity contribution < 1.29 is 24.3 Å². The number of aliphatic carboxylic acids is 1. The van der Waals surface area contributed by atoms with Gasteiger partial charge < -0.3 is 15.3 Å². The molecule has 0 aromatic carbocycles. The first kappa shape index (κ1) is 14.8. The fourth-order valence-electron chi connectivity index (χ4n) is 1.04. The molecule has 102 valence electrons. The van der Waals surface area contributed by atoms with Gasteiger partial charge >= 0.3 is 5.97 Å². The van der Waals surface area contributed by atoms with E-state index in [0.717, 1.165) is 11.3 Å². The van der Waals surface area contributed by atoms with Crippen LogP contribution in [0, 0.1) is 0 Å². The number of amides is 1. The molecule has 0 atom stereocenters. The van der Waals surface area contributed by atoms with Crippen LogP contribution in [0.1, 0.15) is 18.5 Å². The highest BCUT2D eigenvalue weighted by Crippen LogP contribution is 2.14. The lowest BCUT2D eigenvalue weighted by atomic mass is 10.3. The van der Waals surface area contributed by atoms with Crippen LogP contribution in [-0.2, 0) is 19.2 Å². The van der Waals surface area contributed by atoms with Gasteiger partial charge in [0, 0.05) is 11.8 Å².